The fraction of sp³-hybridized carbons (Fsp3) is 0.423. The first-order valence-electron chi connectivity index (χ1n) is 13.1. The van der Waals surface area contributed by atoms with E-state index in [9.17, 15) is 36.0 Å². The number of thiophene rings is 1. The number of rotatable bonds is 9. The van der Waals surface area contributed by atoms with Crippen LogP contribution in [0.15, 0.2) is 41.8 Å². The Morgan fingerprint density at radius 2 is 1.79 bits per heavy atom. The number of carbonyl (C=O) groups is 3. The number of amides is 4. The molecule has 2 aliphatic heterocycles. The molecule has 2 saturated heterocycles. The van der Waals surface area contributed by atoms with Crippen LogP contribution in [0, 0.1) is 0 Å². The fourth-order valence-corrected chi connectivity index (χ4v) is 6.85. The summed E-state index contributed by atoms with van der Waals surface area (Å²) in [5, 5.41) is 6.07. The maximum absolute atomic E-state index is 13.1. The zero-order valence-electron chi connectivity index (χ0n) is 22.2. The van der Waals surface area contributed by atoms with Crippen LogP contribution in [0.5, 0.6) is 0 Å². The van der Waals surface area contributed by atoms with Gasteiger partial charge in [-0.25, -0.2) is 13.2 Å². The van der Waals surface area contributed by atoms with E-state index in [2.05, 4.69) is 15.4 Å². The van der Waals surface area contributed by atoms with Gasteiger partial charge in [-0.3, -0.25) is 9.59 Å². The highest BCUT2D eigenvalue weighted by Gasteiger charge is 2.35. The Kier molecular flexibility index (Phi) is 10.2. The fourth-order valence-electron chi connectivity index (χ4n) is 4.78. The van der Waals surface area contributed by atoms with Gasteiger partial charge >= 0.3 is 12.2 Å². The van der Waals surface area contributed by atoms with E-state index >= 15 is 0 Å². The van der Waals surface area contributed by atoms with Gasteiger partial charge in [0.15, 0.2) is 0 Å². The topological polar surface area (TPSA) is 128 Å². The molecule has 0 radical (unpaired) electrons. The lowest BCUT2D eigenvalue weighted by atomic mass is 10.1. The third-order valence-corrected chi connectivity index (χ3v) is 9.14. The van der Waals surface area contributed by atoms with E-state index in [0.717, 1.165) is 29.7 Å². The van der Waals surface area contributed by atoms with Gasteiger partial charge < -0.3 is 20.4 Å². The van der Waals surface area contributed by atoms with E-state index in [4.69, 9.17) is 11.6 Å². The van der Waals surface area contributed by atoms with Crippen molar-refractivity contribution in [2.24, 2.45) is 0 Å². The number of carbonyl (C=O) groups excluding carboxylic acids is 3. The van der Waals surface area contributed by atoms with E-state index in [1.54, 1.807) is 17.0 Å². The number of anilines is 1. The molecule has 0 aliphatic carbocycles. The first-order chi connectivity index (χ1) is 19.8. The van der Waals surface area contributed by atoms with Crippen LogP contribution in [0.3, 0.4) is 0 Å². The molecule has 2 aliphatic rings. The minimum atomic E-state index is -4.48. The van der Waals surface area contributed by atoms with Gasteiger partial charge in [0, 0.05) is 41.6 Å². The molecule has 228 valence electrons. The number of hydrogen-bond donors (Lipinski definition) is 3. The van der Waals surface area contributed by atoms with Crippen LogP contribution in [-0.2, 0) is 25.8 Å². The molecule has 1 aromatic heterocycles. The molecule has 4 rings (SSSR count). The molecule has 4 amide bonds. The van der Waals surface area contributed by atoms with E-state index in [-0.39, 0.29) is 30.7 Å². The predicted molar refractivity (Wildman–Crippen MR) is 153 cm³/mol. The van der Waals surface area contributed by atoms with Gasteiger partial charge in [0.25, 0.3) is 0 Å². The molecule has 2 atom stereocenters. The van der Waals surface area contributed by atoms with Crippen LogP contribution in [0.2, 0.25) is 4.34 Å². The Labute approximate surface area is 249 Å². The summed E-state index contributed by atoms with van der Waals surface area (Å²) in [5.74, 6) is -0.815. The number of benzene rings is 1. The predicted octanol–water partition coefficient (Wildman–Crippen LogP) is 4.11. The Bertz CT molecular complexity index is 1430. The molecule has 0 saturated carbocycles. The van der Waals surface area contributed by atoms with Gasteiger partial charge in [0.05, 0.1) is 16.4 Å². The lowest BCUT2D eigenvalue weighted by Gasteiger charge is -2.34. The van der Waals surface area contributed by atoms with Crippen molar-refractivity contribution >= 4 is 62.6 Å². The van der Waals surface area contributed by atoms with Crippen molar-refractivity contribution in [2.45, 2.75) is 43.9 Å². The number of urea groups is 1. The monoisotopic (exact) mass is 647 g/mol. The zero-order chi connectivity index (χ0) is 30.5. The average Bonchev–Trinajstić information content (AvgIpc) is 3.57. The highest BCUT2D eigenvalue weighted by Crippen LogP contribution is 2.30. The van der Waals surface area contributed by atoms with E-state index in [1.165, 1.54) is 22.3 Å². The van der Waals surface area contributed by atoms with Crippen LogP contribution in [-0.4, -0.2) is 74.3 Å². The van der Waals surface area contributed by atoms with Gasteiger partial charge in [-0.15, -0.1) is 11.3 Å². The molecule has 0 unspecified atom stereocenters. The molecule has 10 nitrogen and oxygen atoms in total. The van der Waals surface area contributed by atoms with Crippen molar-refractivity contribution in [3.05, 3.63) is 56.6 Å². The lowest BCUT2D eigenvalue weighted by Crippen LogP contribution is -2.55. The zero-order valence-corrected chi connectivity index (χ0v) is 24.6. The van der Waals surface area contributed by atoms with Crippen molar-refractivity contribution in [3.63, 3.8) is 0 Å². The molecule has 0 spiro atoms. The molecule has 2 aromatic rings. The summed E-state index contributed by atoms with van der Waals surface area (Å²) in [6.45, 7) is 0.616. The Morgan fingerprint density at radius 1 is 1.07 bits per heavy atom. The summed E-state index contributed by atoms with van der Waals surface area (Å²) in [4.78, 5) is 42.0. The number of alkyl halides is 3. The molecule has 42 heavy (non-hydrogen) atoms. The summed E-state index contributed by atoms with van der Waals surface area (Å²) < 4.78 is 66.2. The first kappa shape index (κ1) is 31.8. The van der Waals surface area contributed by atoms with Crippen LogP contribution in [0.1, 0.15) is 36.1 Å². The number of nitrogens with one attached hydrogen (secondary N) is 3. The Hall–Kier alpha value is -3.14. The van der Waals surface area contributed by atoms with Crippen molar-refractivity contribution in [2.75, 3.05) is 31.5 Å². The molecule has 1 aromatic carbocycles. The number of nitrogens with zero attached hydrogens (tertiary/aromatic N) is 2. The third kappa shape index (κ3) is 8.69. The number of sulfonamides is 1. The Morgan fingerprint density at radius 3 is 2.45 bits per heavy atom. The van der Waals surface area contributed by atoms with Gasteiger partial charge in [0.1, 0.15) is 6.04 Å². The number of halogens is 4. The number of hydrogen-bond acceptors (Lipinski definition) is 6. The number of piperidine rings is 1. The van der Waals surface area contributed by atoms with Crippen molar-refractivity contribution in [1.82, 2.24) is 19.8 Å². The van der Waals surface area contributed by atoms with Crippen LogP contribution < -0.4 is 15.4 Å². The minimum absolute atomic E-state index is 0.108. The summed E-state index contributed by atoms with van der Waals surface area (Å²) >= 11 is 7.07. The third-order valence-electron chi connectivity index (χ3n) is 6.83. The normalized spacial score (nSPS) is 19.9. The highest BCUT2D eigenvalue weighted by atomic mass is 35.5. The molecular formula is C26H29ClF3N5O5S2. The van der Waals surface area contributed by atoms with Crippen LogP contribution >= 0.6 is 22.9 Å². The van der Waals surface area contributed by atoms with Gasteiger partial charge in [-0.05, 0) is 68.2 Å². The molecule has 0 bridgehead atoms. The van der Waals surface area contributed by atoms with Gasteiger partial charge in [-0.1, -0.05) is 11.6 Å². The highest BCUT2D eigenvalue weighted by molar-refractivity contribution is 7.92. The smallest absolute Gasteiger partial charge is 0.336 e. The molecule has 16 heteroatoms. The summed E-state index contributed by atoms with van der Waals surface area (Å²) in [7, 11) is -3.93. The maximum atomic E-state index is 13.1. The Balaban J connectivity index is 1.27. The molecule has 2 fully saturated rings. The van der Waals surface area contributed by atoms with E-state index < -0.39 is 39.7 Å². The molecule has 3 heterocycles. The second kappa shape index (κ2) is 13.4. The van der Waals surface area contributed by atoms with Gasteiger partial charge in [-0.2, -0.15) is 17.9 Å². The first-order valence-corrected chi connectivity index (χ1v) is 15.8. The van der Waals surface area contributed by atoms with Crippen LogP contribution in [0.25, 0.3) is 6.08 Å². The largest absolute Gasteiger partial charge is 0.416 e. The second-order valence-corrected chi connectivity index (χ2v) is 13.2. The average molecular weight is 648 g/mol. The number of likely N-dealkylation sites (tertiary alicyclic amines) is 2. The minimum Gasteiger partial charge on any atom is -0.336 e. The van der Waals surface area contributed by atoms with Crippen molar-refractivity contribution < 1.29 is 36.0 Å². The van der Waals surface area contributed by atoms with Gasteiger partial charge in [0.2, 0.25) is 21.8 Å². The van der Waals surface area contributed by atoms with Crippen LogP contribution in [0.4, 0.5) is 23.7 Å². The van der Waals surface area contributed by atoms with E-state index in [0.29, 0.717) is 48.0 Å². The maximum Gasteiger partial charge on any atom is 0.416 e. The van der Waals surface area contributed by atoms with Crippen molar-refractivity contribution in [3.8, 4) is 0 Å². The summed E-state index contributed by atoms with van der Waals surface area (Å²) in [6, 6.07) is 5.37. The SMILES string of the molecule is O=C(NC[C@@H]1CCCN1C(=O)CN1CCC[C@H](NS(=O)(=O)C=Cc2ccc(Cl)s2)C1=O)Nc1ccc(C(F)(F)F)cc1. The van der Waals surface area contributed by atoms with E-state index in [1.807, 2.05) is 0 Å². The lowest BCUT2D eigenvalue weighted by molar-refractivity contribution is -0.143. The second-order valence-electron chi connectivity index (χ2n) is 9.86. The molecular weight excluding hydrogens is 619 g/mol. The standard InChI is InChI=1S/C26H29ClF3N5O5S2/c27-22-10-9-20(41-22)11-14-42(39,40)33-21-4-2-12-34(24(21)37)16-23(36)35-13-1-3-19(35)15-31-25(38)32-18-7-5-17(6-8-18)26(28,29)30/h5-11,14,19,21,33H,1-4,12-13,15-16H2,(H2,31,32,38)/t19-,21-/m0/s1. The molecule has 3 N–H and O–H groups in total. The summed E-state index contributed by atoms with van der Waals surface area (Å²) in [6.07, 6.45) is -0.984. The van der Waals surface area contributed by atoms with Crippen molar-refractivity contribution in [1.29, 1.82) is 0 Å². The summed E-state index contributed by atoms with van der Waals surface area (Å²) in [5.41, 5.74) is -0.652. The quantitative estimate of drug-likeness (QED) is 0.378.